The topological polar surface area (TPSA) is 144 Å². The fraction of sp³-hybridized carbons (Fsp3) is 0.133. The van der Waals surface area contributed by atoms with Gasteiger partial charge in [-0.2, -0.15) is 0 Å². The molecule has 3 aromatic rings. The number of fused-ring (bicyclic) bond motifs is 1. The average molecular weight is 400 g/mol. The second-order valence-electron chi connectivity index (χ2n) is 5.80. The van der Waals surface area contributed by atoms with Crippen LogP contribution in [0.5, 0.6) is 0 Å². The van der Waals surface area contributed by atoms with E-state index in [-0.39, 0.29) is 5.69 Å². The van der Waals surface area contributed by atoms with Crippen LogP contribution in [0.4, 0.5) is 4.39 Å². The van der Waals surface area contributed by atoms with Gasteiger partial charge in [-0.1, -0.05) is 12.1 Å². The molecule has 138 valence electrons. The van der Waals surface area contributed by atoms with Gasteiger partial charge in [0.15, 0.2) is 0 Å². The fourth-order valence-electron chi connectivity index (χ4n) is 2.54. The van der Waals surface area contributed by atoms with Gasteiger partial charge < -0.3 is 24.6 Å². The number of nitrogens with zero attached hydrogens (tertiary/aromatic N) is 1. The largest absolute Gasteiger partial charge is 0.375 e. The van der Waals surface area contributed by atoms with Crippen molar-refractivity contribution >= 4 is 26.1 Å². The zero-order chi connectivity index (χ0) is 19.2. The van der Waals surface area contributed by atoms with Crippen LogP contribution in [0.3, 0.4) is 0 Å². The Morgan fingerprint density at radius 2 is 1.65 bits per heavy atom. The van der Waals surface area contributed by atoms with Crippen molar-refractivity contribution in [3.05, 3.63) is 54.5 Å². The molecule has 1 aromatic carbocycles. The van der Waals surface area contributed by atoms with Gasteiger partial charge in [-0.05, 0) is 35.2 Å². The number of benzene rings is 1. The summed E-state index contributed by atoms with van der Waals surface area (Å²) in [5, 5.41) is -3.05. The highest BCUT2D eigenvalue weighted by Crippen LogP contribution is 2.70. The summed E-state index contributed by atoms with van der Waals surface area (Å²) in [6.45, 7) is 0. The SMILES string of the molecule is O=P(O)(O)C(F)(Cc1ccc(-c2ccc3[nH]ccc3c2)cn1)P(=O)(O)O. The monoisotopic (exact) mass is 400 g/mol. The third-order valence-electron chi connectivity index (χ3n) is 4.01. The van der Waals surface area contributed by atoms with E-state index in [0.717, 1.165) is 16.5 Å². The molecule has 5 N–H and O–H groups in total. The third kappa shape index (κ3) is 3.38. The van der Waals surface area contributed by atoms with E-state index >= 15 is 0 Å². The van der Waals surface area contributed by atoms with Gasteiger partial charge in [0.05, 0.1) is 0 Å². The highest BCUT2D eigenvalue weighted by atomic mass is 31.2. The van der Waals surface area contributed by atoms with Crippen LogP contribution < -0.4 is 0 Å². The van der Waals surface area contributed by atoms with Crippen LogP contribution in [0.2, 0.25) is 0 Å². The highest BCUT2D eigenvalue weighted by molar-refractivity contribution is 7.72. The summed E-state index contributed by atoms with van der Waals surface area (Å²) in [6, 6.07) is 10.3. The smallest absolute Gasteiger partial charge is 0.361 e. The molecule has 2 aromatic heterocycles. The predicted octanol–water partition coefficient (Wildman–Crippen LogP) is 2.75. The zero-order valence-electron chi connectivity index (χ0n) is 13.2. The maximum Gasteiger partial charge on any atom is 0.375 e. The van der Waals surface area contributed by atoms with Crippen molar-refractivity contribution < 1.29 is 33.1 Å². The molecule has 0 amide bonds. The Kier molecular flexibility index (Phi) is 4.65. The molecule has 0 fully saturated rings. The molecule has 26 heavy (non-hydrogen) atoms. The Bertz CT molecular complexity index is 1020. The lowest BCUT2D eigenvalue weighted by molar-refractivity contribution is 0.221. The molecule has 0 aliphatic rings. The standard InChI is InChI=1S/C15H15FN2O6P2/c16-15(25(19,20)21,26(22,23)24)8-13-3-1-12(9-18-13)10-2-4-14-11(7-10)5-6-17-14/h1-7,9,17H,8H2,(H2,19,20,21)(H2,22,23,24). The van der Waals surface area contributed by atoms with Crippen LogP contribution >= 0.6 is 15.2 Å². The van der Waals surface area contributed by atoms with Crippen molar-refractivity contribution in [1.29, 1.82) is 0 Å². The van der Waals surface area contributed by atoms with Crippen molar-refractivity contribution in [3.63, 3.8) is 0 Å². The van der Waals surface area contributed by atoms with Crippen LogP contribution in [-0.4, -0.2) is 34.7 Å². The predicted molar refractivity (Wildman–Crippen MR) is 93.2 cm³/mol. The maximum atomic E-state index is 14.5. The normalized spacial score (nSPS) is 13.3. The molecule has 3 rings (SSSR count). The van der Waals surface area contributed by atoms with E-state index in [2.05, 4.69) is 9.97 Å². The van der Waals surface area contributed by atoms with Gasteiger partial charge in [-0.25, -0.2) is 4.39 Å². The number of aromatic amines is 1. The molecule has 0 atom stereocenters. The number of halogens is 1. The second kappa shape index (κ2) is 6.39. The van der Waals surface area contributed by atoms with Crippen molar-refractivity contribution in [3.8, 4) is 11.1 Å². The Hall–Kier alpha value is -1.86. The lowest BCUT2D eigenvalue weighted by Gasteiger charge is -2.26. The third-order valence-corrected chi connectivity index (χ3v) is 7.67. The molecule has 0 unspecified atom stereocenters. The van der Waals surface area contributed by atoms with Crippen molar-refractivity contribution in [2.24, 2.45) is 0 Å². The number of aromatic nitrogens is 2. The first-order valence-corrected chi connectivity index (χ1v) is 10.6. The first-order chi connectivity index (χ1) is 12.0. The van der Waals surface area contributed by atoms with E-state index < -0.39 is 26.8 Å². The number of H-pyrrole nitrogens is 1. The lowest BCUT2D eigenvalue weighted by Crippen LogP contribution is -2.26. The molecule has 11 heteroatoms. The summed E-state index contributed by atoms with van der Waals surface area (Å²) in [5.41, 5.74) is 2.23. The molecule has 2 heterocycles. The molecule has 0 aliphatic heterocycles. The van der Waals surface area contributed by atoms with E-state index in [1.54, 1.807) is 6.20 Å². The Balaban J connectivity index is 1.91. The molecule has 0 saturated heterocycles. The Labute approximate surface area is 147 Å². The Morgan fingerprint density at radius 3 is 2.23 bits per heavy atom. The molecule has 0 spiro atoms. The van der Waals surface area contributed by atoms with Crippen LogP contribution in [0, 0.1) is 0 Å². The van der Waals surface area contributed by atoms with Crippen molar-refractivity contribution in [2.45, 2.75) is 11.6 Å². The summed E-state index contributed by atoms with van der Waals surface area (Å²) in [5.74, 6) is 0. The van der Waals surface area contributed by atoms with Gasteiger partial charge in [0.25, 0.3) is 0 Å². The first kappa shape index (κ1) is 18.9. The summed E-state index contributed by atoms with van der Waals surface area (Å²) in [7, 11) is -11.5. The first-order valence-electron chi connectivity index (χ1n) is 7.34. The van der Waals surface area contributed by atoms with Gasteiger partial charge in [0.2, 0.25) is 0 Å². The zero-order valence-corrected chi connectivity index (χ0v) is 14.9. The molecule has 8 nitrogen and oxygen atoms in total. The minimum atomic E-state index is -5.74. The van der Waals surface area contributed by atoms with E-state index in [1.807, 2.05) is 24.3 Å². The number of pyridine rings is 1. The molecule has 0 radical (unpaired) electrons. The molecular formula is C15H15FN2O6P2. The molecular weight excluding hydrogens is 385 g/mol. The number of hydrogen-bond donors (Lipinski definition) is 5. The Morgan fingerprint density at radius 1 is 1.00 bits per heavy atom. The summed E-state index contributed by atoms with van der Waals surface area (Å²) in [4.78, 5) is 43.2. The van der Waals surface area contributed by atoms with E-state index in [0.29, 0.717) is 5.56 Å². The summed E-state index contributed by atoms with van der Waals surface area (Å²) >= 11 is 0. The molecule has 0 saturated carbocycles. The van der Waals surface area contributed by atoms with Crippen LogP contribution in [-0.2, 0) is 15.6 Å². The average Bonchev–Trinajstić information content (AvgIpc) is 3.01. The second-order valence-corrected chi connectivity index (χ2v) is 9.75. The van der Waals surface area contributed by atoms with Crippen LogP contribution in [0.25, 0.3) is 22.0 Å². The highest BCUT2D eigenvalue weighted by Gasteiger charge is 2.61. The van der Waals surface area contributed by atoms with E-state index in [4.69, 9.17) is 19.6 Å². The minimum Gasteiger partial charge on any atom is -0.361 e. The number of hydrogen-bond acceptors (Lipinski definition) is 3. The lowest BCUT2D eigenvalue weighted by atomic mass is 10.1. The quantitative estimate of drug-likeness (QED) is 0.414. The summed E-state index contributed by atoms with van der Waals surface area (Å²) in [6.07, 6.45) is 1.93. The molecule has 0 bridgehead atoms. The van der Waals surface area contributed by atoms with Gasteiger partial charge in [0, 0.05) is 35.6 Å². The minimum absolute atomic E-state index is 0.189. The van der Waals surface area contributed by atoms with Crippen molar-refractivity contribution in [1.82, 2.24) is 9.97 Å². The van der Waals surface area contributed by atoms with Gasteiger partial charge >= 0.3 is 20.3 Å². The van der Waals surface area contributed by atoms with Gasteiger partial charge in [0.1, 0.15) is 0 Å². The van der Waals surface area contributed by atoms with E-state index in [1.165, 1.54) is 18.3 Å². The van der Waals surface area contributed by atoms with Crippen LogP contribution in [0.1, 0.15) is 5.69 Å². The fourth-order valence-corrected chi connectivity index (χ4v) is 4.63. The van der Waals surface area contributed by atoms with E-state index in [9.17, 15) is 13.5 Å². The van der Waals surface area contributed by atoms with Crippen molar-refractivity contribution in [2.75, 3.05) is 0 Å². The van der Waals surface area contributed by atoms with Crippen LogP contribution in [0.15, 0.2) is 48.8 Å². The maximum absolute atomic E-state index is 14.5. The van der Waals surface area contributed by atoms with Gasteiger partial charge in [-0.15, -0.1) is 0 Å². The number of nitrogens with one attached hydrogen (secondary N) is 1. The molecule has 0 aliphatic carbocycles. The van der Waals surface area contributed by atoms with Gasteiger partial charge in [-0.3, -0.25) is 14.1 Å². The number of alkyl halides is 1. The number of rotatable bonds is 5. The summed E-state index contributed by atoms with van der Waals surface area (Å²) < 4.78 is 37.1.